The van der Waals surface area contributed by atoms with E-state index < -0.39 is 0 Å². The van der Waals surface area contributed by atoms with E-state index in [0.717, 1.165) is 22.6 Å². The van der Waals surface area contributed by atoms with E-state index in [1.165, 1.54) is 0 Å². The van der Waals surface area contributed by atoms with E-state index in [9.17, 15) is 0 Å². The number of hydrogen-bond donors (Lipinski definition) is 0. The molecule has 0 saturated carbocycles. The Kier molecular flexibility index (Phi) is 3.63. The first-order chi connectivity index (χ1) is 10.2. The van der Waals surface area contributed by atoms with E-state index in [1.54, 1.807) is 12.3 Å². The number of rotatable bonds is 4. The molecular weight excluding hydrogens is 286 g/mol. The molecule has 3 aromatic rings. The monoisotopic (exact) mass is 299 g/mol. The first-order valence-electron chi connectivity index (χ1n) is 6.65. The fourth-order valence-corrected chi connectivity index (χ4v) is 2.58. The molecule has 1 aromatic carbocycles. The molecule has 21 heavy (non-hydrogen) atoms. The van der Waals surface area contributed by atoms with E-state index >= 15 is 0 Å². The van der Waals surface area contributed by atoms with Crippen LogP contribution in [0.2, 0.25) is 0 Å². The Hall–Kier alpha value is -2.32. The van der Waals surface area contributed by atoms with Gasteiger partial charge in [-0.3, -0.25) is 4.68 Å². The Balaban J connectivity index is 2.14. The molecule has 106 valence electrons. The third-order valence-electron chi connectivity index (χ3n) is 3.52. The molecule has 2 heterocycles. The van der Waals surface area contributed by atoms with Gasteiger partial charge in [-0.2, -0.15) is 10.4 Å². The van der Waals surface area contributed by atoms with Gasteiger partial charge in [0.2, 0.25) is 0 Å². The van der Waals surface area contributed by atoms with E-state index in [1.807, 2.05) is 29.9 Å². The minimum atomic E-state index is 0.514. The fraction of sp³-hybridized carbons (Fsp3) is 0.267. The summed E-state index contributed by atoms with van der Waals surface area (Å²) < 4.78 is 3.94. The molecule has 0 radical (unpaired) electrons. The molecule has 0 fully saturated rings. The zero-order valence-corrected chi connectivity index (χ0v) is 12.4. The second-order valence-electron chi connectivity index (χ2n) is 4.81. The molecule has 0 bridgehead atoms. The van der Waals surface area contributed by atoms with Crippen molar-refractivity contribution in [3.8, 4) is 6.07 Å². The van der Waals surface area contributed by atoms with Crippen molar-refractivity contribution < 1.29 is 0 Å². The number of halogens is 1. The highest BCUT2D eigenvalue weighted by Crippen LogP contribution is 2.20. The smallest absolute Gasteiger partial charge is 0.111 e. The van der Waals surface area contributed by atoms with E-state index in [2.05, 4.69) is 20.7 Å². The van der Waals surface area contributed by atoms with Gasteiger partial charge in [-0.25, -0.2) is 4.98 Å². The van der Waals surface area contributed by atoms with Gasteiger partial charge in [-0.15, -0.1) is 11.6 Å². The Morgan fingerprint density at radius 2 is 2.19 bits per heavy atom. The number of nitrogens with zero attached hydrogens (tertiary/aromatic N) is 5. The summed E-state index contributed by atoms with van der Waals surface area (Å²) in [7, 11) is 1.91. The average Bonchev–Trinajstić information content (AvgIpc) is 3.04. The summed E-state index contributed by atoms with van der Waals surface area (Å²) in [5, 5.41) is 13.3. The van der Waals surface area contributed by atoms with Crippen LogP contribution in [0.1, 0.15) is 17.1 Å². The number of nitriles is 1. The predicted molar refractivity (Wildman–Crippen MR) is 81.2 cm³/mol. The molecule has 0 aliphatic rings. The molecule has 0 atom stereocenters. The quantitative estimate of drug-likeness (QED) is 0.695. The minimum Gasteiger partial charge on any atom is -0.322 e. The maximum Gasteiger partial charge on any atom is 0.111 e. The molecule has 0 amide bonds. The Morgan fingerprint density at radius 3 is 2.86 bits per heavy atom. The molecule has 0 spiro atoms. The minimum absolute atomic E-state index is 0.514. The number of aromatic nitrogens is 4. The zero-order valence-electron chi connectivity index (χ0n) is 11.6. The average molecular weight is 300 g/mol. The van der Waals surface area contributed by atoms with Gasteiger partial charge in [0.25, 0.3) is 0 Å². The molecule has 6 heteroatoms. The lowest BCUT2D eigenvalue weighted by Crippen LogP contribution is -2.09. The highest BCUT2D eigenvalue weighted by Gasteiger charge is 2.12. The summed E-state index contributed by atoms with van der Waals surface area (Å²) in [5.74, 6) is 1.44. The van der Waals surface area contributed by atoms with Gasteiger partial charge >= 0.3 is 0 Å². The Bertz CT molecular complexity index is 824. The Labute approximate surface area is 127 Å². The van der Waals surface area contributed by atoms with Gasteiger partial charge in [-0.1, -0.05) is 0 Å². The zero-order chi connectivity index (χ0) is 14.8. The first-order valence-corrected chi connectivity index (χ1v) is 7.18. The SMILES string of the molecule is Cn1nccc1Cn1c(CCCl)nc2ccc(C#N)cc21. The van der Waals surface area contributed by atoms with Crippen LogP contribution in [0.4, 0.5) is 0 Å². The van der Waals surface area contributed by atoms with Gasteiger partial charge in [0.15, 0.2) is 0 Å². The normalized spacial score (nSPS) is 10.9. The van der Waals surface area contributed by atoms with Crippen LogP contribution < -0.4 is 0 Å². The standard InChI is InChI=1S/C15H14ClN5/c1-20-12(5-7-18-20)10-21-14-8-11(9-17)2-3-13(14)19-15(21)4-6-16/h2-3,5,7-8H,4,6,10H2,1H3. The number of alkyl halides is 1. The molecule has 3 rings (SSSR count). The molecular formula is C15H14ClN5. The molecule has 2 aromatic heterocycles. The number of imidazole rings is 1. The number of fused-ring (bicyclic) bond motifs is 1. The summed E-state index contributed by atoms with van der Waals surface area (Å²) in [5.41, 5.74) is 3.55. The van der Waals surface area contributed by atoms with Crippen molar-refractivity contribution in [2.45, 2.75) is 13.0 Å². The van der Waals surface area contributed by atoms with E-state index in [0.29, 0.717) is 24.4 Å². The van der Waals surface area contributed by atoms with Crippen LogP contribution in [-0.4, -0.2) is 25.2 Å². The number of aryl methyl sites for hydroxylation is 2. The van der Waals surface area contributed by atoms with Crippen LogP contribution in [0.5, 0.6) is 0 Å². The van der Waals surface area contributed by atoms with Crippen molar-refractivity contribution in [2.24, 2.45) is 7.05 Å². The van der Waals surface area contributed by atoms with Crippen molar-refractivity contribution in [3.05, 3.63) is 47.5 Å². The summed E-state index contributed by atoms with van der Waals surface area (Å²) in [6, 6.07) is 9.69. The second kappa shape index (κ2) is 5.58. The van der Waals surface area contributed by atoms with E-state index in [4.69, 9.17) is 16.9 Å². The van der Waals surface area contributed by atoms with Crippen molar-refractivity contribution >= 4 is 22.6 Å². The highest BCUT2D eigenvalue weighted by molar-refractivity contribution is 6.17. The third-order valence-corrected chi connectivity index (χ3v) is 3.71. The maximum absolute atomic E-state index is 9.08. The molecule has 0 unspecified atom stereocenters. The first kappa shape index (κ1) is 13.7. The molecule has 5 nitrogen and oxygen atoms in total. The van der Waals surface area contributed by atoms with Crippen molar-refractivity contribution in [1.29, 1.82) is 5.26 Å². The van der Waals surface area contributed by atoms with Crippen molar-refractivity contribution in [2.75, 3.05) is 5.88 Å². The van der Waals surface area contributed by atoms with Gasteiger partial charge in [-0.05, 0) is 24.3 Å². The topological polar surface area (TPSA) is 59.4 Å². The number of benzene rings is 1. The Morgan fingerprint density at radius 1 is 1.33 bits per heavy atom. The largest absolute Gasteiger partial charge is 0.322 e. The molecule has 0 aliphatic carbocycles. The van der Waals surface area contributed by atoms with Crippen LogP contribution in [0.15, 0.2) is 30.5 Å². The summed E-state index contributed by atoms with van der Waals surface area (Å²) in [6.45, 7) is 0.661. The molecule has 0 saturated heterocycles. The third kappa shape index (κ3) is 2.50. The number of hydrogen-bond acceptors (Lipinski definition) is 3. The summed E-state index contributed by atoms with van der Waals surface area (Å²) in [6.07, 6.45) is 2.46. The molecule has 0 aliphatic heterocycles. The highest BCUT2D eigenvalue weighted by atomic mass is 35.5. The summed E-state index contributed by atoms with van der Waals surface area (Å²) in [4.78, 5) is 4.63. The van der Waals surface area contributed by atoms with Crippen LogP contribution in [-0.2, 0) is 20.0 Å². The van der Waals surface area contributed by atoms with Crippen LogP contribution >= 0.6 is 11.6 Å². The van der Waals surface area contributed by atoms with Crippen molar-refractivity contribution in [1.82, 2.24) is 19.3 Å². The maximum atomic E-state index is 9.08. The second-order valence-corrected chi connectivity index (χ2v) is 5.19. The lowest BCUT2D eigenvalue weighted by molar-refractivity contribution is 0.657. The van der Waals surface area contributed by atoms with Gasteiger partial charge < -0.3 is 4.57 Å². The van der Waals surface area contributed by atoms with Gasteiger partial charge in [0.1, 0.15) is 5.82 Å². The van der Waals surface area contributed by atoms with Gasteiger partial charge in [0.05, 0.1) is 34.9 Å². The lowest BCUT2D eigenvalue weighted by atomic mass is 10.2. The predicted octanol–water partition coefficient (Wildman–Crippen LogP) is 2.47. The van der Waals surface area contributed by atoms with Crippen LogP contribution in [0.3, 0.4) is 0 Å². The lowest BCUT2D eigenvalue weighted by Gasteiger charge is -2.09. The van der Waals surface area contributed by atoms with Gasteiger partial charge in [0, 0.05) is 25.5 Å². The van der Waals surface area contributed by atoms with Crippen molar-refractivity contribution in [3.63, 3.8) is 0 Å². The van der Waals surface area contributed by atoms with E-state index in [-0.39, 0.29) is 0 Å². The fourth-order valence-electron chi connectivity index (χ4n) is 2.41. The molecule has 0 N–H and O–H groups in total. The summed E-state index contributed by atoms with van der Waals surface area (Å²) >= 11 is 5.88. The van der Waals surface area contributed by atoms with Crippen LogP contribution in [0, 0.1) is 11.3 Å². The van der Waals surface area contributed by atoms with Crippen LogP contribution in [0.25, 0.3) is 11.0 Å².